The Bertz CT molecular complexity index is 856. The predicted octanol–water partition coefficient (Wildman–Crippen LogP) is 4.59. The molecule has 1 aliphatic heterocycles. The van der Waals surface area contributed by atoms with Gasteiger partial charge in [-0.05, 0) is 51.8 Å². The van der Waals surface area contributed by atoms with E-state index in [0.717, 1.165) is 61.7 Å². The number of nitrogens with one attached hydrogen (secondary N) is 2. The van der Waals surface area contributed by atoms with Gasteiger partial charge in [-0.15, -0.1) is 24.0 Å². The first kappa shape index (κ1) is 23.7. The number of furan rings is 1. The highest BCUT2D eigenvalue weighted by Crippen LogP contribution is 2.26. The Morgan fingerprint density at radius 3 is 2.72 bits per heavy atom. The van der Waals surface area contributed by atoms with Gasteiger partial charge in [-0.3, -0.25) is 4.90 Å². The van der Waals surface area contributed by atoms with E-state index in [-0.39, 0.29) is 29.8 Å². The summed E-state index contributed by atoms with van der Waals surface area (Å²) in [6.45, 7) is 14.4. The number of aryl methyl sites for hydroxylation is 1. The Morgan fingerprint density at radius 2 is 2.07 bits per heavy atom. The Morgan fingerprint density at radius 1 is 1.34 bits per heavy atom. The number of halogens is 2. The van der Waals surface area contributed by atoms with Crippen LogP contribution in [0.2, 0.25) is 0 Å². The molecule has 3 rings (SSSR count). The SMILES string of the molecule is C=C(C)CN1CCC(NC(=NCc2oc3ccc(F)cc3c2C)NCC)CC1.I. The molecule has 1 aromatic heterocycles. The lowest BCUT2D eigenvalue weighted by Gasteiger charge is -2.33. The van der Waals surface area contributed by atoms with Gasteiger partial charge in [-0.2, -0.15) is 0 Å². The molecule has 0 saturated carbocycles. The van der Waals surface area contributed by atoms with Gasteiger partial charge in [-0.1, -0.05) is 12.2 Å². The highest BCUT2D eigenvalue weighted by molar-refractivity contribution is 14.0. The van der Waals surface area contributed by atoms with E-state index in [1.54, 1.807) is 6.07 Å². The van der Waals surface area contributed by atoms with Crippen LogP contribution in [0.4, 0.5) is 4.39 Å². The zero-order valence-electron chi connectivity index (χ0n) is 17.6. The third-order valence-electron chi connectivity index (χ3n) is 5.14. The van der Waals surface area contributed by atoms with Crippen LogP contribution in [-0.4, -0.2) is 43.1 Å². The van der Waals surface area contributed by atoms with Crippen LogP contribution < -0.4 is 10.6 Å². The number of piperidine rings is 1. The minimum absolute atomic E-state index is 0. The lowest BCUT2D eigenvalue weighted by Crippen LogP contribution is -2.48. The van der Waals surface area contributed by atoms with Gasteiger partial charge in [0.15, 0.2) is 5.96 Å². The molecule has 0 aliphatic carbocycles. The van der Waals surface area contributed by atoms with E-state index in [4.69, 9.17) is 9.41 Å². The summed E-state index contributed by atoms with van der Waals surface area (Å²) in [5.41, 5.74) is 2.86. The fraction of sp³-hybridized carbons (Fsp3) is 0.500. The van der Waals surface area contributed by atoms with E-state index < -0.39 is 0 Å². The number of aliphatic imine (C=N–C) groups is 1. The first-order valence-corrected chi connectivity index (χ1v) is 10.1. The van der Waals surface area contributed by atoms with E-state index in [2.05, 4.69) is 36.0 Å². The molecule has 1 aliphatic rings. The highest BCUT2D eigenvalue weighted by Gasteiger charge is 2.20. The van der Waals surface area contributed by atoms with Gasteiger partial charge in [-0.25, -0.2) is 9.38 Å². The van der Waals surface area contributed by atoms with Crippen molar-refractivity contribution in [2.45, 2.75) is 46.2 Å². The van der Waals surface area contributed by atoms with Crippen LogP contribution in [0.3, 0.4) is 0 Å². The van der Waals surface area contributed by atoms with E-state index in [0.29, 0.717) is 18.2 Å². The summed E-state index contributed by atoms with van der Waals surface area (Å²) < 4.78 is 19.4. The van der Waals surface area contributed by atoms with Gasteiger partial charge in [0, 0.05) is 43.2 Å². The molecule has 2 aromatic rings. The summed E-state index contributed by atoms with van der Waals surface area (Å²) in [6, 6.07) is 5.02. The van der Waals surface area contributed by atoms with Gasteiger partial charge in [0.1, 0.15) is 23.7 Å². The number of rotatable bonds is 6. The molecule has 160 valence electrons. The summed E-state index contributed by atoms with van der Waals surface area (Å²) in [6.07, 6.45) is 2.17. The summed E-state index contributed by atoms with van der Waals surface area (Å²) in [7, 11) is 0. The van der Waals surface area contributed by atoms with Crippen molar-refractivity contribution in [1.29, 1.82) is 0 Å². The second-order valence-corrected chi connectivity index (χ2v) is 7.64. The summed E-state index contributed by atoms with van der Waals surface area (Å²) in [5, 5.41) is 7.68. The zero-order chi connectivity index (χ0) is 20.1. The van der Waals surface area contributed by atoms with Crippen molar-refractivity contribution >= 4 is 40.9 Å². The molecule has 29 heavy (non-hydrogen) atoms. The van der Waals surface area contributed by atoms with Crippen LogP contribution in [0.15, 0.2) is 39.8 Å². The first-order chi connectivity index (χ1) is 13.5. The van der Waals surface area contributed by atoms with Crippen LogP contribution in [0.5, 0.6) is 0 Å². The zero-order valence-corrected chi connectivity index (χ0v) is 19.9. The number of nitrogens with zero attached hydrogens (tertiary/aromatic N) is 2. The summed E-state index contributed by atoms with van der Waals surface area (Å²) in [5.74, 6) is 1.32. The average Bonchev–Trinajstić information content (AvgIpc) is 2.96. The minimum Gasteiger partial charge on any atom is -0.459 e. The lowest BCUT2D eigenvalue weighted by atomic mass is 10.0. The molecule has 1 aromatic carbocycles. The number of fused-ring (bicyclic) bond motifs is 1. The van der Waals surface area contributed by atoms with Crippen molar-refractivity contribution in [3.63, 3.8) is 0 Å². The number of likely N-dealkylation sites (tertiary alicyclic amines) is 1. The van der Waals surface area contributed by atoms with Crippen LogP contribution in [0.25, 0.3) is 11.0 Å². The van der Waals surface area contributed by atoms with Crippen molar-refractivity contribution in [3.8, 4) is 0 Å². The fourth-order valence-corrected chi connectivity index (χ4v) is 3.68. The Balaban J connectivity index is 0.00000300. The molecule has 0 unspecified atom stereocenters. The molecule has 0 bridgehead atoms. The first-order valence-electron chi connectivity index (χ1n) is 10.1. The van der Waals surface area contributed by atoms with E-state index in [9.17, 15) is 4.39 Å². The van der Waals surface area contributed by atoms with Crippen LogP contribution in [-0.2, 0) is 6.54 Å². The second kappa shape index (κ2) is 11.0. The third kappa shape index (κ3) is 6.44. The Labute approximate surface area is 189 Å². The second-order valence-electron chi connectivity index (χ2n) is 7.64. The Kier molecular flexibility index (Phi) is 8.95. The molecule has 7 heteroatoms. The molecule has 2 heterocycles. The Hall–Kier alpha value is -1.61. The van der Waals surface area contributed by atoms with Crippen LogP contribution in [0, 0.1) is 12.7 Å². The van der Waals surface area contributed by atoms with Gasteiger partial charge >= 0.3 is 0 Å². The molecular formula is C22H32FIN4O. The lowest BCUT2D eigenvalue weighted by molar-refractivity contribution is 0.221. The molecule has 2 N–H and O–H groups in total. The normalized spacial score (nSPS) is 15.9. The van der Waals surface area contributed by atoms with Gasteiger partial charge in [0.25, 0.3) is 0 Å². The van der Waals surface area contributed by atoms with E-state index in [1.165, 1.54) is 17.7 Å². The molecule has 1 saturated heterocycles. The largest absolute Gasteiger partial charge is 0.459 e. The van der Waals surface area contributed by atoms with Gasteiger partial charge in [0.2, 0.25) is 0 Å². The summed E-state index contributed by atoms with van der Waals surface area (Å²) in [4.78, 5) is 7.15. The molecule has 0 amide bonds. The van der Waals surface area contributed by atoms with Crippen molar-refractivity contribution in [3.05, 3.63) is 47.5 Å². The number of hydrogen-bond donors (Lipinski definition) is 2. The topological polar surface area (TPSA) is 52.8 Å². The molecule has 0 atom stereocenters. The van der Waals surface area contributed by atoms with Gasteiger partial charge in [0.05, 0.1) is 0 Å². The molecule has 0 spiro atoms. The minimum atomic E-state index is -0.251. The number of guanidine groups is 1. The van der Waals surface area contributed by atoms with Crippen molar-refractivity contribution in [2.24, 2.45) is 4.99 Å². The maximum Gasteiger partial charge on any atom is 0.191 e. The quantitative estimate of drug-likeness (QED) is 0.256. The third-order valence-corrected chi connectivity index (χ3v) is 5.14. The highest BCUT2D eigenvalue weighted by atomic mass is 127. The van der Waals surface area contributed by atoms with Crippen LogP contribution in [0.1, 0.15) is 38.0 Å². The monoisotopic (exact) mass is 514 g/mol. The summed E-state index contributed by atoms with van der Waals surface area (Å²) >= 11 is 0. The molecule has 1 fully saturated rings. The van der Waals surface area contributed by atoms with Crippen molar-refractivity contribution < 1.29 is 8.81 Å². The molecular weight excluding hydrogens is 482 g/mol. The molecule has 5 nitrogen and oxygen atoms in total. The van der Waals surface area contributed by atoms with Gasteiger partial charge < -0.3 is 15.1 Å². The van der Waals surface area contributed by atoms with E-state index in [1.807, 2.05) is 6.92 Å². The van der Waals surface area contributed by atoms with Crippen molar-refractivity contribution in [2.75, 3.05) is 26.2 Å². The number of hydrogen-bond acceptors (Lipinski definition) is 3. The fourth-order valence-electron chi connectivity index (χ4n) is 3.68. The van der Waals surface area contributed by atoms with E-state index >= 15 is 0 Å². The maximum atomic E-state index is 13.5. The molecule has 0 radical (unpaired) electrons. The maximum absolute atomic E-state index is 13.5. The number of benzene rings is 1. The smallest absolute Gasteiger partial charge is 0.191 e. The van der Waals surface area contributed by atoms with Crippen molar-refractivity contribution in [1.82, 2.24) is 15.5 Å². The average molecular weight is 514 g/mol. The predicted molar refractivity (Wildman–Crippen MR) is 129 cm³/mol. The standard InChI is InChI=1S/C22H31FN4O.HI/c1-5-24-22(26-18-8-10-27(11-9-18)14-15(2)3)25-13-21-16(4)19-12-17(23)6-7-20(19)28-21;/h6-7,12,18H,2,5,8-11,13-14H2,1,3-4H3,(H2,24,25,26);1H. The van der Waals surface area contributed by atoms with Crippen LogP contribution >= 0.6 is 24.0 Å².